The molecule has 4 rings (SSSR count). The van der Waals surface area contributed by atoms with Gasteiger partial charge in [0.15, 0.2) is 5.65 Å². The predicted molar refractivity (Wildman–Crippen MR) is 125 cm³/mol. The molecular formula is C22H22BrFN6O3. The zero-order valence-corrected chi connectivity index (χ0v) is 19.5. The normalized spacial score (nSPS) is 12.9. The van der Waals surface area contributed by atoms with E-state index in [1.807, 2.05) is 0 Å². The van der Waals surface area contributed by atoms with Crippen molar-refractivity contribution in [3.63, 3.8) is 0 Å². The molecule has 1 atom stereocenters. The van der Waals surface area contributed by atoms with Gasteiger partial charge in [0.25, 0.3) is 0 Å². The van der Waals surface area contributed by atoms with Crippen molar-refractivity contribution in [1.82, 2.24) is 24.9 Å². The van der Waals surface area contributed by atoms with Crippen molar-refractivity contribution in [3.05, 3.63) is 52.6 Å². The van der Waals surface area contributed by atoms with Crippen LogP contribution in [0.2, 0.25) is 0 Å². The first-order valence-electron chi connectivity index (χ1n) is 10.1. The van der Waals surface area contributed by atoms with Crippen molar-refractivity contribution in [2.45, 2.75) is 19.9 Å². The van der Waals surface area contributed by atoms with Crippen molar-refractivity contribution < 1.29 is 19.4 Å². The van der Waals surface area contributed by atoms with Crippen LogP contribution in [0.1, 0.15) is 25.6 Å². The summed E-state index contributed by atoms with van der Waals surface area (Å²) >= 11 is 3.43. The summed E-state index contributed by atoms with van der Waals surface area (Å²) in [5.74, 6) is -0.618. The molecular weight excluding hydrogens is 495 g/mol. The van der Waals surface area contributed by atoms with Gasteiger partial charge >= 0.3 is 0 Å². The highest BCUT2D eigenvalue weighted by Crippen LogP contribution is 2.33. The molecule has 1 amide bonds. The third-order valence-corrected chi connectivity index (χ3v) is 6.42. The minimum absolute atomic E-state index is 0.272. The van der Waals surface area contributed by atoms with Crippen LogP contribution in [-0.2, 0) is 4.79 Å². The first kappa shape index (κ1) is 23.0. The van der Waals surface area contributed by atoms with Gasteiger partial charge in [-0.05, 0) is 54.0 Å². The molecule has 9 nitrogen and oxygen atoms in total. The zero-order chi connectivity index (χ0) is 23.9. The molecule has 11 heteroatoms. The van der Waals surface area contributed by atoms with Gasteiger partial charge in [-0.3, -0.25) is 9.78 Å². The van der Waals surface area contributed by atoms with Crippen LogP contribution in [0.4, 0.5) is 10.2 Å². The number of aliphatic hydroxyl groups is 2. The first-order chi connectivity index (χ1) is 15.7. The second kappa shape index (κ2) is 8.65. The lowest BCUT2D eigenvalue weighted by atomic mass is 9.91. The molecule has 33 heavy (non-hydrogen) atoms. The van der Waals surface area contributed by atoms with Gasteiger partial charge in [-0.2, -0.15) is 9.61 Å². The number of carbonyl (C=O) groups excluding carboxylic acids is 1. The molecule has 3 aromatic heterocycles. The van der Waals surface area contributed by atoms with E-state index in [2.05, 4.69) is 36.3 Å². The molecule has 0 saturated heterocycles. The molecule has 0 fully saturated rings. The number of benzene rings is 1. The number of amides is 1. The number of nitrogens with zero attached hydrogens (tertiary/aromatic N) is 4. The van der Waals surface area contributed by atoms with Crippen LogP contribution in [0.3, 0.4) is 0 Å². The van der Waals surface area contributed by atoms with Crippen molar-refractivity contribution in [3.8, 4) is 11.1 Å². The molecule has 0 spiro atoms. The molecule has 4 aromatic rings. The van der Waals surface area contributed by atoms with E-state index in [0.29, 0.717) is 37.8 Å². The van der Waals surface area contributed by atoms with E-state index in [9.17, 15) is 19.4 Å². The number of nitrogens with two attached hydrogens (primary N) is 1. The van der Waals surface area contributed by atoms with Gasteiger partial charge < -0.3 is 21.3 Å². The van der Waals surface area contributed by atoms with Crippen LogP contribution in [-0.4, -0.2) is 48.9 Å². The fourth-order valence-corrected chi connectivity index (χ4v) is 3.99. The molecule has 0 aliphatic rings. The number of halogens is 2. The quantitative estimate of drug-likeness (QED) is 0.308. The van der Waals surface area contributed by atoms with E-state index >= 15 is 0 Å². The summed E-state index contributed by atoms with van der Waals surface area (Å²) in [4.78, 5) is 21.7. The SMILES string of the molecule is CC(NC(=O)C(C)(CO)CO)c1nc2c(-c3cnc4ccc(F)cc4c3)cnn2c(N)c1Br. The number of hydrogen-bond acceptors (Lipinski definition) is 7. The van der Waals surface area contributed by atoms with Gasteiger partial charge in [-0.15, -0.1) is 0 Å². The molecule has 0 radical (unpaired) electrons. The summed E-state index contributed by atoms with van der Waals surface area (Å²) in [5, 5.41) is 26.7. The van der Waals surface area contributed by atoms with Crippen LogP contribution in [0, 0.1) is 11.2 Å². The highest BCUT2D eigenvalue weighted by Gasteiger charge is 2.33. The van der Waals surface area contributed by atoms with E-state index < -0.39 is 30.6 Å². The maximum absolute atomic E-state index is 13.7. The molecule has 1 aromatic carbocycles. The van der Waals surface area contributed by atoms with E-state index in [-0.39, 0.29) is 11.6 Å². The highest BCUT2D eigenvalue weighted by molar-refractivity contribution is 9.10. The number of fused-ring (bicyclic) bond motifs is 2. The molecule has 3 heterocycles. The number of nitrogens with one attached hydrogen (secondary N) is 1. The Morgan fingerprint density at radius 1 is 1.30 bits per heavy atom. The summed E-state index contributed by atoms with van der Waals surface area (Å²) in [6, 6.07) is 5.54. The van der Waals surface area contributed by atoms with Crippen molar-refractivity contribution in [2.24, 2.45) is 5.41 Å². The molecule has 5 N–H and O–H groups in total. The Kier molecular flexibility index (Phi) is 6.04. The summed E-state index contributed by atoms with van der Waals surface area (Å²) in [5.41, 5.74) is 7.76. The largest absolute Gasteiger partial charge is 0.395 e. The van der Waals surface area contributed by atoms with Crippen LogP contribution in [0.25, 0.3) is 27.7 Å². The number of aliphatic hydroxyl groups excluding tert-OH is 2. The lowest BCUT2D eigenvalue weighted by Crippen LogP contribution is -2.45. The first-order valence-corrected chi connectivity index (χ1v) is 10.9. The molecule has 0 bridgehead atoms. The van der Waals surface area contributed by atoms with Crippen molar-refractivity contribution >= 4 is 44.2 Å². The van der Waals surface area contributed by atoms with Gasteiger partial charge in [0, 0.05) is 22.7 Å². The minimum atomic E-state index is -1.34. The number of nitrogen functional groups attached to an aromatic ring is 1. The second-order valence-electron chi connectivity index (χ2n) is 8.12. The Morgan fingerprint density at radius 3 is 2.73 bits per heavy atom. The van der Waals surface area contributed by atoms with E-state index in [0.717, 1.165) is 0 Å². The monoisotopic (exact) mass is 516 g/mol. The number of anilines is 1. The molecule has 0 aliphatic carbocycles. The summed E-state index contributed by atoms with van der Waals surface area (Å²) < 4.78 is 15.6. The minimum Gasteiger partial charge on any atom is -0.395 e. The Morgan fingerprint density at radius 2 is 2.03 bits per heavy atom. The summed E-state index contributed by atoms with van der Waals surface area (Å²) in [6.45, 7) is 2.15. The van der Waals surface area contributed by atoms with Gasteiger partial charge in [0.1, 0.15) is 11.6 Å². The summed E-state index contributed by atoms with van der Waals surface area (Å²) in [6.07, 6.45) is 3.24. The van der Waals surface area contributed by atoms with Crippen molar-refractivity contribution in [1.29, 1.82) is 0 Å². The van der Waals surface area contributed by atoms with Crippen LogP contribution in [0.5, 0.6) is 0 Å². The lowest BCUT2D eigenvalue weighted by molar-refractivity contribution is -0.135. The smallest absolute Gasteiger partial charge is 0.231 e. The number of aromatic nitrogens is 4. The maximum atomic E-state index is 13.7. The number of rotatable bonds is 6. The van der Waals surface area contributed by atoms with Gasteiger partial charge in [0.05, 0.1) is 46.6 Å². The van der Waals surface area contributed by atoms with Gasteiger partial charge in [-0.25, -0.2) is 9.37 Å². The Bertz CT molecular complexity index is 1370. The number of carbonyl (C=O) groups is 1. The maximum Gasteiger partial charge on any atom is 0.231 e. The van der Waals surface area contributed by atoms with E-state index in [4.69, 9.17) is 5.73 Å². The molecule has 0 saturated carbocycles. The van der Waals surface area contributed by atoms with E-state index in [1.54, 1.807) is 31.5 Å². The fourth-order valence-electron chi connectivity index (χ4n) is 3.39. The topological polar surface area (TPSA) is 139 Å². The van der Waals surface area contributed by atoms with Crippen LogP contribution < -0.4 is 11.1 Å². The lowest BCUT2D eigenvalue weighted by Gasteiger charge is -2.26. The fraction of sp³-hybridized carbons (Fsp3) is 0.273. The third-order valence-electron chi connectivity index (χ3n) is 5.61. The predicted octanol–water partition coefficient (Wildman–Crippen LogP) is 2.60. The standard InChI is InChI=1S/C22H22BrFN6O3/c1-11(28-21(33)22(2,9-31)10-32)18-17(23)19(25)30-20(29-18)15(8-27-30)13-5-12-6-14(24)3-4-16(12)26-7-13/h3-8,11,31-32H,9-10,25H2,1-2H3,(H,28,33). The average Bonchev–Trinajstić information content (AvgIpc) is 3.24. The Labute approximate surface area is 196 Å². The van der Waals surface area contributed by atoms with Gasteiger partial charge in [0.2, 0.25) is 5.91 Å². The van der Waals surface area contributed by atoms with Gasteiger partial charge in [-0.1, -0.05) is 0 Å². The Balaban J connectivity index is 1.79. The molecule has 172 valence electrons. The molecule has 1 unspecified atom stereocenters. The number of pyridine rings is 1. The molecule has 0 aliphatic heterocycles. The number of hydrogen-bond donors (Lipinski definition) is 4. The van der Waals surface area contributed by atoms with E-state index in [1.165, 1.54) is 23.6 Å². The summed E-state index contributed by atoms with van der Waals surface area (Å²) in [7, 11) is 0. The Hall–Kier alpha value is -3.15. The third kappa shape index (κ3) is 4.03. The van der Waals surface area contributed by atoms with Crippen molar-refractivity contribution in [2.75, 3.05) is 18.9 Å². The van der Waals surface area contributed by atoms with Crippen LogP contribution >= 0.6 is 15.9 Å². The second-order valence-corrected chi connectivity index (χ2v) is 8.92. The zero-order valence-electron chi connectivity index (χ0n) is 17.9. The highest BCUT2D eigenvalue weighted by atomic mass is 79.9. The average molecular weight is 517 g/mol. The van der Waals surface area contributed by atoms with Crippen LogP contribution in [0.15, 0.2) is 41.1 Å².